The normalized spacial score (nSPS) is 11.7. The molecule has 0 aliphatic rings. The molecule has 0 saturated heterocycles. The molecule has 128 valence electrons. The van der Waals surface area contributed by atoms with Crippen molar-refractivity contribution >= 4 is 22.0 Å². The van der Waals surface area contributed by atoms with E-state index in [9.17, 15) is 13.2 Å². The van der Waals surface area contributed by atoms with E-state index in [1.54, 1.807) is 12.1 Å². The molecule has 6 nitrogen and oxygen atoms in total. The molecule has 0 radical (unpaired) electrons. The summed E-state index contributed by atoms with van der Waals surface area (Å²) in [6.45, 7) is 2.28. The fourth-order valence-electron chi connectivity index (χ4n) is 1.89. The Labute approximate surface area is 141 Å². The van der Waals surface area contributed by atoms with Gasteiger partial charge >= 0.3 is 0 Å². The average Bonchev–Trinajstić information content (AvgIpc) is 3.06. The van der Waals surface area contributed by atoms with E-state index in [-0.39, 0.29) is 25.4 Å². The summed E-state index contributed by atoms with van der Waals surface area (Å²) >= 11 is 0. The van der Waals surface area contributed by atoms with Crippen molar-refractivity contribution < 1.29 is 17.6 Å². The molecule has 0 unspecified atom stereocenters. The minimum absolute atomic E-state index is 0.0323. The van der Waals surface area contributed by atoms with Crippen molar-refractivity contribution in [2.24, 2.45) is 0 Å². The third kappa shape index (κ3) is 6.39. The Balaban J connectivity index is 1.73. The van der Waals surface area contributed by atoms with Crippen molar-refractivity contribution in [3.05, 3.63) is 65.0 Å². The number of rotatable bonds is 8. The van der Waals surface area contributed by atoms with Crippen molar-refractivity contribution in [1.29, 1.82) is 0 Å². The maximum atomic E-state index is 11.9. The number of sulfonamides is 1. The summed E-state index contributed by atoms with van der Waals surface area (Å²) in [5, 5.41) is 3.74. The molecule has 0 aliphatic carbocycles. The first kappa shape index (κ1) is 18.0. The van der Waals surface area contributed by atoms with E-state index in [0.29, 0.717) is 5.76 Å². The van der Waals surface area contributed by atoms with Crippen molar-refractivity contribution in [3.63, 3.8) is 0 Å². The van der Waals surface area contributed by atoms with Gasteiger partial charge in [0.05, 0.1) is 12.8 Å². The lowest BCUT2D eigenvalue weighted by Gasteiger charge is -2.04. The van der Waals surface area contributed by atoms with Gasteiger partial charge in [-0.15, -0.1) is 0 Å². The zero-order valence-electron chi connectivity index (χ0n) is 13.4. The Hall–Kier alpha value is -2.38. The van der Waals surface area contributed by atoms with E-state index in [1.807, 2.05) is 31.2 Å². The molecule has 0 fully saturated rings. The number of hydrogen-bond donors (Lipinski definition) is 2. The van der Waals surface area contributed by atoms with Gasteiger partial charge in [0.25, 0.3) is 0 Å². The Kier molecular flexibility index (Phi) is 6.34. The lowest BCUT2D eigenvalue weighted by Crippen LogP contribution is -2.29. The first-order valence-corrected chi connectivity index (χ1v) is 9.03. The van der Waals surface area contributed by atoms with Crippen LogP contribution in [0.25, 0.3) is 6.08 Å². The molecule has 0 saturated carbocycles. The summed E-state index contributed by atoms with van der Waals surface area (Å²) < 4.78 is 31.2. The second kappa shape index (κ2) is 8.47. The average molecular weight is 348 g/mol. The highest BCUT2D eigenvalue weighted by Gasteiger charge is 2.07. The van der Waals surface area contributed by atoms with Crippen LogP contribution in [0.1, 0.15) is 23.3 Å². The zero-order valence-corrected chi connectivity index (χ0v) is 14.2. The molecule has 0 aliphatic heterocycles. The van der Waals surface area contributed by atoms with Crippen LogP contribution in [-0.4, -0.2) is 20.9 Å². The number of aryl methyl sites for hydroxylation is 1. The van der Waals surface area contributed by atoms with Crippen molar-refractivity contribution in [2.75, 3.05) is 6.54 Å². The summed E-state index contributed by atoms with van der Waals surface area (Å²) in [4.78, 5) is 11.6. The molecule has 24 heavy (non-hydrogen) atoms. The van der Waals surface area contributed by atoms with Crippen molar-refractivity contribution in [1.82, 2.24) is 10.0 Å². The van der Waals surface area contributed by atoms with Gasteiger partial charge in [0.15, 0.2) is 0 Å². The molecular weight excluding hydrogens is 328 g/mol. The third-order valence-corrected chi connectivity index (χ3v) is 4.31. The Morgan fingerprint density at radius 1 is 1.21 bits per heavy atom. The van der Waals surface area contributed by atoms with Gasteiger partial charge in [0.2, 0.25) is 15.9 Å². The van der Waals surface area contributed by atoms with Crippen LogP contribution >= 0.6 is 0 Å². The molecule has 2 rings (SSSR count). The predicted octanol–water partition coefficient (Wildman–Crippen LogP) is 2.18. The topological polar surface area (TPSA) is 88.4 Å². The van der Waals surface area contributed by atoms with Gasteiger partial charge in [-0.1, -0.05) is 29.8 Å². The van der Waals surface area contributed by atoms with Crippen LogP contribution in [-0.2, 0) is 21.4 Å². The fraction of sp³-hybridized carbons (Fsp3) is 0.235. The van der Waals surface area contributed by atoms with Crippen molar-refractivity contribution in [2.45, 2.75) is 19.9 Å². The van der Waals surface area contributed by atoms with Gasteiger partial charge in [-0.2, -0.15) is 0 Å². The number of nitrogens with one attached hydrogen (secondary N) is 2. The standard InChI is InChI=1S/C17H20N2O4S/c1-14-4-6-15(7-5-14)9-12-24(21,22)19-10-8-17(20)18-13-16-3-2-11-23-16/h2-7,9,11-12,19H,8,10,13H2,1H3,(H,18,20)/b12-9+. The fourth-order valence-corrected chi connectivity index (χ4v) is 2.71. The number of amides is 1. The van der Waals surface area contributed by atoms with E-state index >= 15 is 0 Å². The maximum Gasteiger partial charge on any atom is 0.233 e. The lowest BCUT2D eigenvalue weighted by molar-refractivity contribution is -0.121. The molecule has 0 bridgehead atoms. The number of hydrogen-bond acceptors (Lipinski definition) is 4. The van der Waals surface area contributed by atoms with Gasteiger partial charge in [-0.05, 0) is 30.7 Å². The summed E-state index contributed by atoms with van der Waals surface area (Å²) in [6.07, 6.45) is 3.09. The minimum Gasteiger partial charge on any atom is -0.467 e. The quantitative estimate of drug-likeness (QED) is 0.765. The van der Waals surface area contributed by atoms with E-state index in [2.05, 4.69) is 10.0 Å². The first-order chi connectivity index (χ1) is 11.4. The third-order valence-electron chi connectivity index (χ3n) is 3.21. The summed E-state index contributed by atoms with van der Waals surface area (Å²) in [7, 11) is -3.57. The molecule has 2 N–H and O–H groups in total. The van der Waals surface area contributed by atoms with E-state index in [4.69, 9.17) is 4.42 Å². The zero-order chi connectivity index (χ0) is 17.4. The maximum absolute atomic E-state index is 11.9. The molecule has 2 aromatic rings. The Morgan fingerprint density at radius 3 is 2.62 bits per heavy atom. The number of furan rings is 1. The SMILES string of the molecule is Cc1ccc(/C=C/S(=O)(=O)NCCC(=O)NCc2ccco2)cc1. The van der Waals surface area contributed by atoms with Gasteiger partial charge in [-0.3, -0.25) is 4.79 Å². The largest absolute Gasteiger partial charge is 0.467 e. The first-order valence-electron chi connectivity index (χ1n) is 7.48. The smallest absolute Gasteiger partial charge is 0.233 e. The molecule has 1 aromatic carbocycles. The molecule has 0 spiro atoms. The lowest BCUT2D eigenvalue weighted by atomic mass is 10.2. The van der Waals surface area contributed by atoms with Gasteiger partial charge in [0, 0.05) is 18.4 Å². The molecule has 1 heterocycles. The van der Waals surface area contributed by atoms with Crippen LogP contribution in [0.2, 0.25) is 0 Å². The second-order valence-electron chi connectivity index (χ2n) is 5.26. The van der Waals surface area contributed by atoms with Gasteiger partial charge in [0.1, 0.15) is 5.76 Å². The number of carbonyl (C=O) groups is 1. The second-order valence-corrected chi connectivity index (χ2v) is 6.91. The monoisotopic (exact) mass is 348 g/mol. The molecule has 1 amide bonds. The summed E-state index contributed by atoms with van der Waals surface area (Å²) in [6, 6.07) is 11.0. The van der Waals surface area contributed by atoms with Crippen LogP contribution in [0.5, 0.6) is 0 Å². The van der Waals surface area contributed by atoms with E-state index in [1.165, 1.54) is 12.3 Å². The van der Waals surface area contributed by atoms with Crippen LogP contribution in [0.4, 0.5) is 0 Å². The highest BCUT2D eigenvalue weighted by Crippen LogP contribution is 2.06. The number of carbonyl (C=O) groups excluding carboxylic acids is 1. The molecule has 1 aromatic heterocycles. The van der Waals surface area contributed by atoms with Crippen LogP contribution in [0.15, 0.2) is 52.5 Å². The van der Waals surface area contributed by atoms with Gasteiger partial charge in [-0.25, -0.2) is 13.1 Å². The van der Waals surface area contributed by atoms with Crippen LogP contribution < -0.4 is 10.0 Å². The Bertz CT molecular complexity index is 779. The highest BCUT2D eigenvalue weighted by atomic mass is 32.2. The van der Waals surface area contributed by atoms with Crippen molar-refractivity contribution in [3.8, 4) is 0 Å². The minimum atomic E-state index is -3.57. The van der Waals surface area contributed by atoms with Crippen LogP contribution in [0.3, 0.4) is 0 Å². The van der Waals surface area contributed by atoms with Crippen LogP contribution in [0, 0.1) is 6.92 Å². The van der Waals surface area contributed by atoms with E-state index in [0.717, 1.165) is 16.5 Å². The predicted molar refractivity (Wildman–Crippen MR) is 92.3 cm³/mol. The number of benzene rings is 1. The summed E-state index contributed by atoms with van der Waals surface area (Å²) in [5.74, 6) is 0.390. The Morgan fingerprint density at radius 2 is 1.96 bits per heavy atom. The molecular formula is C17H20N2O4S. The van der Waals surface area contributed by atoms with Gasteiger partial charge < -0.3 is 9.73 Å². The highest BCUT2D eigenvalue weighted by molar-refractivity contribution is 7.92. The molecule has 7 heteroatoms. The summed E-state index contributed by atoms with van der Waals surface area (Å²) in [5.41, 5.74) is 1.90. The van der Waals surface area contributed by atoms with E-state index < -0.39 is 10.0 Å². The molecule has 0 atom stereocenters.